The summed E-state index contributed by atoms with van der Waals surface area (Å²) >= 11 is -0.140. The highest BCUT2D eigenvalue weighted by Crippen LogP contribution is 2.35. The van der Waals surface area contributed by atoms with Crippen LogP contribution >= 0.6 is 22.6 Å². The number of ether oxygens (including phenoxy) is 1. The Kier molecular flexibility index (Phi) is 10.7. The molecule has 0 radical (unpaired) electrons. The Balaban J connectivity index is 1.83. The molecule has 0 saturated carbocycles. The van der Waals surface area contributed by atoms with Gasteiger partial charge in [-0.1, -0.05) is 43.7 Å². The van der Waals surface area contributed by atoms with E-state index in [1.54, 1.807) is 7.05 Å². The van der Waals surface area contributed by atoms with Crippen LogP contribution in [0.15, 0.2) is 34.7 Å². The van der Waals surface area contributed by atoms with Gasteiger partial charge in [-0.05, 0) is 68.2 Å². The highest BCUT2D eigenvalue weighted by molar-refractivity contribution is 14.1. The molecular formula is C28H36IN3O6S. The SMILES string of the molecule is CNC(=O)c1c(-c2ccc(C)cc2)oc2nc(CN(CCCC(C)(C)C(=O)OCC(C)C)S(=O)O)c(I)cc12. The van der Waals surface area contributed by atoms with Crippen molar-refractivity contribution in [1.82, 2.24) is 14.6 Å². The largest absolute Gasteiger partial charge is 0.465 e. The molecule has 3 rings (SSSR count). The minimum atomic E-state index is -2.26. The molecule has 39 heavy (non-hydrogen) atoms. The van der Waals surface area contributed by atoms with Gasteiger partial charge in [0.2, 0.25) is 17.0 Å². The van der Waals surface area contributed by atoms with Crippen molar-refractivity contribution in [2.24, 2.45) is 11.3 Å². The van der Waals surface area contributed by atoms with E-state index in [2.05, 4.69) is 32.9 Å². The van der Waals surface area contributed by atoms with Crippen molar-refractivity contribution < 1.29 is 27.5 Å². The molecular weight excluding hydrogens is 633 g/mol. The highest BCUT2D eigenvalue weighted by atomic mass is 127. The molecule has 1 unspecified atom stereocenters. The second kappa shape index (κ2) is 13.3. The average molecular weight is 670 g/mol. The Morgan fingerprint density at radius 2 is 1.92 bits per heavy atom. The van der Waals surface area contributed by atoms with Crippen molar-refractivity contribution in [2.75, 3.05) is 20.2 Å². The average Bonchev–Trinajstić information content (AvgIpc) is 3.24. The van der Waals surface area contributed by atoms with Gasteiger partial charge in [-0.2, -0.15) is 4.31 Å². The van der Waals surface area contributed by atoms with Gasteiger partial charge in [0.25, 0.3) is 5.91 Å². The van der Waals surface area contributed by atoms with Crippen LogP contribution < -0.4 is 5.32 Å². The number of hydrogen-bond donors (Lipinski definition) is 2. The van der Waals surface area contributed by atoms with E-state index < -0.39 is 16.7 Å². The summed E-state index contributed by atoms with van der Waals surface area (Å²) in [4.78, 5) is 29.9. The number of furan rings is 1. The van der Waals surface area contributed by atoms with Gasteiger partial charge in [0, 0.05) is 22.7 Å². The number of carbonyl (C=O) groups excluding carboxylic acids is 2. The van der Waals surface area contributed by atoms with Crippen LogP contribution in [0.2, 0.25) is 0 Å². The number of pyridine rings is 1. The van der Waals surface area contributed by atoms with Crippen molar-refractivity contribution in [3.63, 3.8) is 0 Å². The van der Waals surface area contributed by atoms with E-state index in [1.165, 1.54) is 4.31 Å². The van der Waals surface area contributed by atoms with E-state index >= 15 is 0 Å². The standard InChI is InChI=1S/C28H36IN3O6S/c1-17(2)16-37-27(34)28(4,5)12-7-13-32(39(35)36)15-22-21(29)14-20-23(25(33)30-6)24(38-26(20)31-22)19-10-8-18(3)9-11-19/h8-11,14,17H,7,12-13,15-16H2,1-6H3,(H,30,33)(H,35,36). The van der Waals surface area contributed by atoms with E-state index in [0.717, 1.165) is 14.7 Å². The number of aromatic nitrogens is 1. The maximum atomic E-state index is 12.8. The van der Waals surface area contributed by atoms with Crippen molar-refractivity contribution in [3.05, 3.63) is 50.7 Å². The Morgan fingerprint density at radius 1 is 1.26 bits per heavy atom. The molecule has 0 fully saturated rings. The maximum absolute atomic E-state index is 12.8. The zero-order valence-corrected chi connectivity index (χ0v) is 26.1. The summed E-state index contributed by atoms with van der Waals surface area (Å²) in [6.45, 7) is 10.3. The lowest BCUT2D eigenvalue weighted by Crippen LogP contribution is -2.31. The van der Waals surface area contributed by atoms with Crippen LogP contribution in [0, 0.1) is 21.8 Å². The summed E-state index contributed by atoms with van der Waals surface area (Å²) in [7, 11) is 1.56. The smallest absolute Gasteiger partial charge is 0.311 e. The van der Waals surface area contributed by atoms with Crippen LogP contribution in [-0.2, 0) is 27.3 Å². The molecule has 1 amide bonds. The Bertz CT molecular complexity index is 1350. The number of fused-ring (bicyclic) bond motifs is 1. The number of halogens is 1. The number of carbonyl (C=O) groups is 2. The third kappa shape index (κ3) is 7.86. The van der Waals surface area contributed by atoms with Crippen LogP contribution in [-0.4, -0.2) is 50.1 Å². The molecule has 0 saturated heterocycles. The monoisotopic (exact) mass is 669 g/mol. The Hall–Kier alpha value is -2.35. The van der Waals surface area contributed by atoms with Crippen LogP contribution in [0.3, 0.4) is 0 Å². The molecule has 0 aliphatic rings. The predicted molar refractivity (Wildman–Crippen MR) is 160 cm³/mol. The zero-order valence-electron chi connectivity index (χ0n) is 23.2. The first-order valence-electron chi connectivity index (χ1n) is 12.8. The highest BCUT2D eigenvalue weighted by Gasteiger charge is 2.30. The van der Waals surface area contributed by atoms with Crippen molar-refractivity contribution in [3.8, 4) is 11.3 Å². The van der Waals surface area contributed by atoms with Gasteiger partial charge in [-0.25, -0.2) is 9.19 Å². The van der Waals surface area contributed by atoms with Gasteiger partial charge in [0.1, 0.15) is 5.76 Å². The molecule has 11 heteroatoms. The van der Waals surface area contributed by atoms with Crippen molar-refractivity contribution in [1.29, 1.82) is 0 Å². The summed E-state index contributed by atoms with van der Waals surface area (Å²) in [6, 6.07) is 9.48. The number of benzene rings is 1. The number of aryl methyl sites for hydroxylation is 1. The molecule has 0 aliphatic carbocycles. The normalized spacial score (nSPS) is 12.8. The fourth-order valence-electron chi connectivity index (χ4n) is 4.02. The molecule has 2 aromatic heterocycles. The van der Waals surface area contributed by atoms with Gasteiger partial charge >= 0.3 is 5.97 Å². The summed E-state index contributed by atoms with van der Waals surface area (Å²) in [6.07, 6.45) is 1.00. The maximum Gasteiger partial charge on any atom is 0.311 e. The zero-order chi connectivity index (χ0) is 28.9. The topological polar surface area (TPSA) is 122 Å². The quantitative estimate of drug-likeness (QED) is 0.144. The van der Waals surface area contributed by atoms with E-state index in [-0.39, 0.29) is 36.6 Å². The molecule has 0 bridgehead atoms. The first-order valence-corrected chi connectivity index (χ1v) is 14.9. The number of rotatable bonds is 12. The van der Waals surface area contributed by atoms with Gasteiger partial charge in [-0.15, -0.1) is 0 Å². The van der Waals surface area contributed by atoms with Gasteiger partial charge in [0.15, 0.2) is 0 Å². The molecule has 1 atom stereocenters. The Morgan fingerprint density at radius 3 is 2.51 bits per heavy atom. The van der Waals surface area contributed by atoms with Crippen LogP contribution in [0.25, 0.3) is 22.4 Å². The van der Waals surface area contributed by atoms with Crippen molar-refractivity contribution >= 4 is 56.8 Å². The lowest BCUT2D eigenvalue weighted by Gasteiger charge is -2.24. The van der Waals surface area contributed by atoms with E-state index in [4.69, 9.17) is 9.15 Å². The number of nitrogens with zero attached hydrogens (tertiary/aromatic N) is 2. The van der Waals surface area contributed by atoms with Gasteiger partial charge < -0.3 is 14.5 Å². The van der Waals surface area contributed by atoms with E-state index in [1.807, 2.05) is 65.0 Å². The summed E-state index contributed by atoms with van der Waals surface area (Å²) in [5.74, 6) is 0.101. The number of esters is 1. The first kappa shape index (κ1) is 31.2. The third-order valence-corrected chi connectivity index (χ3v) is 8.02. The minimum absolute atomic E-state index is 0.0887. The summed E-state index contributed by atoms with van der Waals surface area (Å²) in [5, 5.41) is 3.24. The molecule has 0 spiro atoms. The lowest BCUT2D eigenvalue weighted by atomic mass is 9.88. The third-order valence-electron chi connectivity index (χ3n) is 6.33. The van der Waals surface area contributed by atoms with E-state index in [9.17, 15) is 18.4 Å². The molecule has 2 heterocycles. The predicted octanol–water partition coefficient (Wildman–Crippen LogP) is 5.71. The van der Waals surface area contributed by atoms with Crippen LogP contribution in [0.4, 0.5) is 0 Å². The second-order valence-electron chi connectivity index (χ2n) is 10.6. The fourth-order valence-corrected chi connectivity index (χ4v) is 5.14. The molecule has 212 valence electrons. The molecule has 1 aromatic carbocycles. The molecule has 0 aliphatic heterocycles. The number of hydrogen-bond acceptors (Lipinski definition) is 6. The molecule has 2 N–H and O–H groups in total. The van der Waals surface area contributed by atoms with Gasteiger partial charge in [-0.3, -0.25) is 14.1 Å². The van der Waals surface area contributed by atoms with Crippen LogP contribution in [0.5, 0.6) is 0 Å². The van der Waals surface area contributed by atoms with Crippen LogP contribution in [0.1, 0.15) is 62.2 Å². The van der Waals surface area contributed by atoms with E-state index in [0.29, 0.717) is 41.9 Å². The number of nitrogens with one attached hydrogen (secondary N) is 1. The Labute approximate surface area is 245 Å². The second-order valence-corrected chi connectivity index (χ2v) is 12.7. The molecule has 9 nitrogen and oxygen atoms in total. The fraction of sp³-hybridized carbons (Fsp3) is 0.464. The molecule has 3 aromatic rings. The van der Waals surface area contributed by atoms with Crippen molar-refractivity contribution in [2.45, 2.75) is 54.0 Å². The first-order chi connectivity index (χ1) is 18.3. The number of amides is 1. The minimum Gasteiger partial charge on any atom is -0.465 e. The lowest BCUT2D eigenvalue weighted by molar-refractivity contribution is -0.155. The summed E-state index contributed by atoms with van der Waals surface area (Å²) in [5.41, 5.74) is 2.34. The summed E-state index contributed by atoms with van der Waals surface area (Å²) < 4.78 is 35.8. The van der Waals surface area contributed by atoms with Gasteiger partial charge in [0.05, 0.1) is 35.2 Å².